The number of nitrogens with zero attached hydrogens (tertiary/aromatic N) is 2. The maximum absolute atomic E-state index is 10.8. The second-order valence-corrected chi connectivity index (χ2v) is 4.54. The summed E-state index contributed by atoms with van der Waals surface area (Å²) >= 11 is 0. The van der Waals surface area contributed by atoms with Crippen LogP contribution in [0.25, 0.3) is 10.8 Å². The first-order valence-corrected chi connectivity index (χ1v) is 6.30. The predicted octanol–water partition coefficient (Wildman–Crippen LogP) is 3.47. The minimum absolute atomic E-state index is 0.0215. The van der Waals surface area contributed by atoms with Crippen LogP contribution in [0.4, 0.5) is 22.9 Å². The number of benzene rings is 2. The van der Waals surface area contributed by atoms with Crippen LogP contribution in [0.5, 0.6) is 0 Å². The third kappa shape index (κ3) is 2.46. The molecule has 0 aliphatic heterocycles. The van der Waals surface area contributed by atoms with E-state index in [-0.39, 0.29) is 5.69 Å². The molecule has 21 heavy (non-hydrogen) atoms. The molecule has 0 unspecified atom stereocenters. The molecule has 1 heterocycles. The maximum atomic E-state index is 10.8. The lowest BCUT2D eigenvalue weighted by molar-refractivity contribution is -0.384. The van der Waals surface area contributed by atoms with E-state index in [4.69, 9.17) is 5.73 Å². The van der Waals surface area contributed by atoms with Crippen molar-refractivity contribution in [3.63, 3.8) is 0 Å². The van der Waals surface area contributed by atoms with Crippen LogP contribution in [0.1, 0.15) is 0 Å². The van der Waals surface area contributed by atoms with E-state index in [1.165, 1.54) is 12.1 Å². The quantitative estimate of drug-likeness (QED) is 0.435. The molecule has 0 spiro atoms. The molecular weight excluding hydrogens is 268 g/mol. The van der Waals surface area contributed by atoms with Crippen molar-refractivity contribution in [1.82, 2.24) is 4.98 Å². The van der Waals surface area contributed by atoms with Gasteiger partial charge < -0.3 is 11.1 Å². The summed E-state index contributed by atoms with van der Waals surface area (Å²) in [5.74, 6) is 0.575. The van der Waals surface area contributed by atoms with E-state index in [1.807, 2.05) is 18.2 Å². The smallest absolute Gasteiger partial charge is 0.271 e. The fourth-order valence-electron chi connectivity index (χ4n) is 2.19. The number of nitrogens with two attached hydrogens (primary N) is 1. The second-order valence-electron chi connectivity index (χ2n) is 4.54. The summed E-state index contributed by atoms with van der Waals surface area (Å²) in [5, 5.41) is 15.7. The number of aromatic nitrogens is 1. The molecule has 1 aromatic heterocycles. The van der Waals surface area contributed by atoms with Crippen molar-refractivity contribution in [1.29, 1.82) is 0 Å². The van der Waals surface area contributed by atoms with Crippen LogP contribution in [-0.2, 0) is 0 Å². The number of rotatable bonds is 3. The van der Waals surface area contributed by atoms with Gasteiger partial charge in [-0.15, -0.1) is 0 Å². The highest BCUT2D eigenvalue weighted by molar-refractivity contribution is 6.01. The van der Waals surface area contributed by atoms with Crippen LogP contribution < -0.4 is 11.1 Å². The van der Waals surface area contributed by atoms with Gasteiger partial charge in [-0.1, -0.05) is 18.2 Å². The van der Waals surface area contributed by atoms with E-state index in [0.29, 0.717) is 17.2 Å². The van der Waals surface area contributed by atoms with E-state index >= 15 is 0 Å². The molecule has 0 amide bonds. The number of anilines is 3. The Bertz CT molecular complexity index is 828. The Kier molecular flexibility index (Phi) is 3.12. The molecule has 0 bridgehead atoms. The van der Waals surface area contributed by atoms with Gasteiger partial charge in [0.25, 0.3) is 5.69 Å². The van der Waals surface area contributed by atoms with Crippen molar-refractivity contribution < 1.29 is 4.92 Å². The Morgan fingerprint density at radius 2 is 1.95 bits per heavy atom. The Morgan fingerprint density at radius 3 is 2.76 bits per heavy atom. The van der Waals surface area contributed by atoms with Crippen molar-refractivity contribution >= 4 is 33.7 Å². The molecule has 0 saturated carbocycles. The highest BCUT2D eigenvalue weighted by atomic mass is 16.6. The van der Waals surface area contributed by atoms with Crippen molar-refractivity contribution in [2.75, 3.05) is 11.1 Å². The number of pyridine rings is 1. The number of non-ortho nitro benzene ring substituents is 1. The monoisotopic (exact) mass is 280 g/mol. The van der Waals surface area contributed by atoms with Gasteiger partial charge in [0.2, 0.25) is 0 Å². The van der Waals surface area contributed by atoms with Crippen LogP contribution in [0.2, 0.25) is 0 Å². The first-order chi connectivity index (χ1) is 10.1. The van der Waals surface area contributed by atoms with Crippen molar-refractivity contribution in [3.05, 3.63) is 64.8 Å². The predicted molar refractivity (Wildman–Crippen MR) is 82.5 cm³/mol. The number of nitrogen functional groups attached to an aromatic ring is 1. The van der Waals surface area contributed by atoms with E-state index in [2.05, 4.69) is 10.3 Å². The lowest BCUT2D eigenvalue weighted by Crippen LogP contribution is -1.98. The molecule has 2 aromatic carbocycles. The highest BCUT2D eigenvalue weighted by Crippen LogP contribution is 2.29. The minimum Gasteiger partial charge on any atom is -0.398 e. The van der Waals surface area contributed by atoms with Gasteiger partial charge in [0, 0.05) is 35.1 Å². The zero-order valence-electron chi connectivity index (χ0n) is 11.0. The first kappa shape index (κ1) is 12.9. The fraction of sp³-hybridized carbons (Fsp3) is 0. The minimum atomic E-state index is -0.434. The van der Waals surface area contributed by atoms with Gasteiger partial charge in [-0.05, 0) is 23.6 Å². The molecular formula is C15H12N4O2. The molecule has 0 saturated heterocycles. The molecule has 3 rings (SSSR count). The summed E-state index contributed by atoms with van der Waals surface area (Å²) in [6.07, 6.45) is 1.67. The normalized spacial score (nSPS) is 10.5. The zero-order valence-corrected chi connectivity index (χ0v) is 11.0. The lowest BCUT2D eigenvalue weighted by atomic mass is 10.1. The van der Waals surface area contributed by atoms with Crippen molar-refractivity contribution in [2.24, 2.45) is 0 Å². The number of hydrogen-bond donors (Lipinski definition) is 2. The standard InChI is InChI=1S/C15H12N4O2/c16-13-6-1-3-10-7-8-17-15(14(10)13)18-11-4-2-5-12(9-11)19(20)21/h1-9H,16H2,(H,17,18). The van der Waals surface area contributed by atoms with Gasteiger partial charge in [-0.2, -0.15) is 0 Å². The van der Waals surface area contributed by atoms with E-state index in [0.717, 1.165) is 10.8 Å². The van der Waals surface area contributed by atoms with Crippen LogP contribution in [0.15, 0.2) is 54.7 Å². The molecule has 0 radical (unpaired) electrons. The number of nitrogens with one attached hydrogen (secondary N) is 1. The summed E-state index contributed by atoms with van der Waals surface area (Å²) in [4.78, 5) is 14.7. The molecule has 6 nitrogen and oxygen atoms in total. The molecule has 3 N–H and O–H groups in total. The summed E-state index contributed by atoms with van der Waals surface area (Å²) in [6, 6.07) is 13.7. The number of nitro groups is 1. The van der Waals surface area contributed by atoms with E-state index < -0.39 is 4.92 Å². The number of fused-ring (bicyclic) bond motifs is 1. The van der Waals surface area contributed by atoms with Gasteiger partial charge >= 0.3 is 0 Å². The van der Waals surface area contributed by atoms with Gasteiger partial charge in [-0.25, -0.2) is 4.98 Å². The summed E-state index contributed by atoms with van der Waals surface area (Å²) in [5.41, 5.74) is 7.22. The average Bonchev–Trinajstić information content (AvgIpc) is 2.48. The van der Waals surface area contributed by atoms with Gasteiger partial charge in [0.15, 0.2) is 0 Å². The van der Waals surface area contributed by atoms with Crippen molar-refractivity contribution in [2.45, 2.75) is 0 Å². The van der Waals surface area contributed by atoms with Crippen LogP contribution in [0.3, 0.4) is 0 Å². The topological polar surface area (TPSA) is 94.1 Å². The third-order valence-electron chi connectivity index (χ3n) is 3.14. The first-order valence-electron chi connectivity index (χ1n) is 6.30. The Hall–Kier alpha value is -3.15. The summed E-state index contributed by atoms with van der Waals surface area (Å²) < 4.78 is 0. The average molecular weight is 280 g/mol. The van der Waals surface area contributed by atoms with E-state index in [9.17, 15) is 10.1 Å². The van der Waals surface area contributed by atoms with E-state index in [1.54, 1.807) is 24.4 Å². The fourth-order valence-corrected chi connectivity index (χ4v) is 2.19. The van der Waals surface area contributed by atoms with Gasteiger partial charge in [0.1, 0.15) is 5.82 Å². The Labute approximate surface area is 120 Å². The molecule has 0 fully saturated rings. The third-order valence-corrected chi connectivity index (χ3v) is 3.14. The molecule has 104 valence electrons. The Morgan fingerprint density at radius 1 is 1.14 bits per heavy atom. The molecule has 6 heteroatoms. The lowest BCUT2D eigenvalue weighted by Gasteiger charge is -2.10. The van der Waals surface area contributed by atoms with Crippen LogP contribution in [0, 0.1) is 10.1 Å². The van der Waals surface area contributed by atoms with Crippen LogP contribution >= 0.6 is 0 Å². The van der Waals surface area contributed by atoms with Gasteiger partial charge in [-0.3, -0.25) is 10.1 Å². The largest absolute Gasteiger partial charge is 0.398 e. The second kappa shape index (κ2) is 5.09. The Balaban J connectivity index is 2.06. The highest BCUT2D eigenvalue weighted by Gasteiger charge is 2.09. The summed E-state index contributed by atoms with van der Waals surface area (Å²) in [7, 11) is 0. The van der Waals surface area contributed by atoms with Gasteiger partial charge in [0.05, 0.1) is 4.92 Å². The maximum Gasteiger partial charge on any atom is 0.271 e. The zero-order chi connectivity index (χ0) is 14.8. The van der Waals surface area contributed by atoms with Crippen molar-refractivity contribution in [3.8, 4) is 0 Å². The molecule has 3 aromatic rings. The molecule has 0 aliphatic rings. The number of hydrogen-bond acceptors (Lipinski definition) is 5. The van der Waals surface area contributed by atoms with Crippen LogP contribution in [-0.4, -0.2) is 9.91 Å². The number of nitro benzene ring substituents is 1. The molecule has 0 aliphatic carbocycles. The molecule has 0 atom stereocenters. The SMILES string of the molecule is Nc1cccc2ccnc(Nc3cccc([N+](=O)[O-])c3)c12. The summed E-state index contributed by atoms with van der Waals surface area (Å²) in [6.45, 7) is 0.